The van der Waals surface area contributed by atoms with E-state index in [2.05, 4.69) is 0 Å². The molecule has 0 atom stereocenters. The Kier molecular flexibility index (Phi) is 4.50. The second kappa shape index (κ2) is 5.51. The number of rotatable bonds is 5. The molecular weight excluding hydrogens is 262 g/mol. The van der Waals surface area contributed by atoms with Crippen LogP contribution in [0.2, 0.25) is 0 Å². The van der Waals surface area contributed by atoms with Gasteiger partial charge >= 0.3 is 0 Å². The maximum atomic E-state index is 12.8. The predicted molar refractivity (Wildman–Crippen MR) is 68.8 cm³/mol. The zero-order chi connectivity index (χ0) is 13.9. The van der Waals surface area contributed by atoms with Gasteiger partial charge in [-0.05, 0) is 18.2 Å². The monoisotopic (exact) mass is 278 g/mol. The summed E-state index contributed by atoms with van der Waals surface area (Å²) in [5.41, 5.74) is 5.82. The zero-order valence-corrected chi connectivity index (χ0v) is 11.0. The summed E-state index contributed by atoms with van der Waals surface area (Å²) >= 11 is 0. The van der Waals surface area contributed by atoms with Crippen LogP contribution in [-0.2, 0) is 9.84 Å². The van der Waals surface area contributed by atoms with Crippen molar-refractivity contribution >= 4 is 21.2 Å². The number of nitrogen functional groups attached to an aromatic ring is 1. The Bertz CT molecular complexity index is 518. The highest BCUT2D eigenvalue weighted by Gasteiger charge is 2.17. The van der Waals surface area contributed by atoms with Crippen molar-refractivity contribution in [1.29, 1.82) is 0 Å². The zero-order valence-electron chi connectivity index (χ0n) is 10.2. The molecule has 0 unspecified atom stereocenters. The summed E-state index contributed by atoms with van der Waals surface area (Å²) in [4.78, 5) is 1.49. The van der Waals surface area contributed by atoms with Crippen LogP contribution in [0.25, 0.3) is 0 Å². The SMILES string of the molecule is CN(CCS(C)(=O)=O)c1ccc(N)cc1C(F)F. The number of anilines is 2. The molecule has 0 spiro atoms. The van der Waals surface area contributed by atoms with Crippen LogP contribution in [-0.4, -0.2) is 34.0 Å². The fraction of sp³-hybridized carbons (Fsp3) is 0.455. The minimum absolute atomic E-state index is 0.0868. The highest BCUT2D eigenvalue weighted by atomic mass is 32.2. The third-order valence-corrected chi connectivity index (χ3v) is 3.42. The lowest BCUT2D eigenvalue weighted by atomic mass is 10.1. The Morgan fingerprint density at radius 1 is 1.39 bits per heavy atom. The molecule has 0 aliphatic rings. The van der Waals surface area contributed by atoms with Crippen molar-refractivity contribution in [3.8, 4) is 0 Å². The normalized spacial score (nSPS) is 11.8. The number of hydrogen-bond donors (Lipinski definition) is 1. The molecule has 102 valence electrons. The first-order valence-electron chi connectivity index (χ1n) is 5.27. The van der Waals surface area contributed by atoms with Gasteiger partial charge in [0.1, 0.15) is 9.84 Å². The van der Waals surface area contributed by atoms with E-state index in [9.17, 15) is 17.2 Å². The molecule has 0 aliphatic heterocycles. The third kappa shape index (κ3) is 4.14. The van der Waals surface area contributed by atoms with Crippen LogP contribution in [0.5, 0.6) is 0 Å². The van der Waals surface area contributed by atoms with Crippen LogP contribution in [0.15, 0.2) is 18.2 Å². The first kappa shape index (κ1) is 14.7. The van der Waals surface area contributed by atoms with Gasteiger partial charge in [-0.2, -0.15) is 0 Å². The lowest BCUT2D eigenvalue weighted by molar-refractivity contribution is 0.152. The largest absolute Gasteiger partial charge is 0.399 e. The molecule has 0 saturated carbocycles. The van der Waals surface area contributed by atoms with Gasteiger partial charge in [-0.25, -0.2) is 17.2 Å². The minimum atomic E-state index is -3.12. The molecule has 1 aromatic carbocycles. The molecule has 0 saturated heterocycles. The van der Waals surface area contributed by atoms with Crippen molar-refractivity contribution in [2.24, 2.45) is 0 Å². The van der Waals surface area contributed by atoms with E-state index in [4.69, 9.17) is 5.73 Å². The van der Waals surface area contributed by atoms with Crippen molar-refractivity contribution in [1.82, 2.24) is 0 Å². The third-order valence-electron chi connectivity index (χ3n) is 2.50. The Balaban J connectivity index is 2.95. The number of alkyl halides is 2. The molecule has 7 heteroatoms. The van der Waals surface area contributed by atoms with E-state index in [1.807, 2.05) is 0 Å². The van der Waals surface area contributed by atoms with Gasteiger partial charge in [-0.15, -0.1) is 0 Å². The average Bonchev–Trinajstić information content (AvgIpc) is 2.24. The Morgan fingerprint density at radius 3 is 2.50 bits per heavy atom. The number of sulfone groups is 1. The second-order valence-electron chi connectivity index (χ2n) is 4.17. The molecule has 0 aliphatic carbocycles. The van der Waals surface area contributed by atoms with Crippen LogP contribution >= 0.6 is 0 Å². The molecule has 0 radical (unpaired) electrons. The summed E-state index contributed by atoms with van der Waals surface area (Å²) in [7, 11) is -1.55. The number of halogens is 2. The summed E-state index contributed by atoms with van der Waals surface area (Å²) in [5.74, 6) is -0.0868. The van der Waals surface area contributed by atoms with Crippen LogP contribution in [0, 0.1) is 0 Å². The van der Waals surface area contributed by atoms with Gasteiger partial charge in [-0.1, -0.05) is 0 Å². The number of hydrogen-bond acceptors (Lipinski definition) is 4. The molecule has 0 bridgehead atoms. The Labute approximate surface area is 105 Å². The van der Waals surface area contributed by atoms with Crippen molar-refractivity contribution < 1.29 is 17.2 Å². The maximum absolute atomic E-state index is 12.8. The van der Waals surface area contributed by atoms with Gasteiger partial charge in [0, 0.05) is 36.8 Å². The minimum Gasteiger partial charge on any atom is -0.399 e. The standard InChI is InChI=1S/C11H16F2N2O2S/c1-15(5-6-18(2,16)17)10-4-3-8(14)7-9(10)11(12)13/h3-4,7,11H,5-6,14H2,1-2H3. The van der Waals surface area contributed by atoms with Crippen molar-refractivity contribution in [3.05, 3.63) is 23.8 Å². The summed E-state index contributed by atoms with van der Waals surface area (Å²) in [6, 6.07) is 4.19. The average molecular weight is 278 g/mol. The van der Waals surface area contributed by atoms with E-state index < -0.39 is 16.3 Å². The van der Waals surface area contributed by atoms with E-state index in [1.54, 1.807) is 7.05 Å². The van der Waals surface area contributed by atoms with Crippen molar-refractivity contribution in [3.63, 3.8) is 0 Å². The second-order valence-corrected chi connectivity index (χ2v) is 6.43. The molecule has 1 rings (SSSR count). The first-order valence-corrected chi connectivity index (χ1v) is 7.33. The molecular formula is C11H16F2N2O2S. The maximum Gasteiger partial charge on any atom is 0.265 e. The number of benzene rings is 1. The highest BCUT2D eigenvalue weighted by molar-refractivity contribution is 7.90. The van der Waals surface area contributed by atoms with E-state index >= 15 is 0 Å². The summed E-state index contributed by atoms with van der Waals surface area (Å²) in [6.07, 6.45) is -1.54. The van der Waals surface area contributed by atoms with Gasteiger partial charge in [-0.3, -0.25) is 0 Å². The fourth-order valence-corrected chi connectivity index (χ4v) is 2.12. The van der Waals surface area contributed by atoms with Crippen LogP contribution in [0.1, 0.15) is 12.0 Å². The van der Waals surface area contributed by atoms with Crippen molar-refractivity contribution in [2.75, 3.05) is 36.2 Å². The topological polar surface area (TPSA) is 63.4 Å². The fourth-order valence-electron chi connectivity index (χ4n) is 1.52. The lowest BCUT2D eigenvalue weighted by Crippen LogP contribution is -2.25. The van der Waals surface area contributed by atoms with E-state index in [0.717, 1.165) is 6.26 Å². The number of nitrogens with zero attached hydrogens (tertiary/aromatic N) is 1. The lowest BCUT2D eigenvalue weighted by Gasteiger charge is -2.22. The molecule has 0 amide bonds. The van der Waals surface area contributed by atoms with E-state index in [-0.39, 0.29) is 23.5 Å². The molecule has 0 heterocycles. The summed E-state index contributed by atoms with van der Waals surface area (Å²) in [5, 5.41) is 0. The van der Waals surface area contributed by atoms with E-state index in [1.165, 1.54) is 23.1 Å². The van der Waals surface area contributed by atoms with Gasteiger partial charge in [0.25, 0.3) is 6.43 Å². The molecule has 4 nitrogen and oxygen atoms in total. The Morgan fingerprint density at radius 2 is 2.00 bits per heavy atom. The first-order chi connectivity index (χ1) is 8.20. The van der Waals surface area contributed by atoms with Gasteiger partial charge < -0.3 is 10.6 Å². The quantitative estimate of drug-likeness (QED) is 0.832. The van der Waals surface area contributed by atoms with Crippen LogP contribution in [0.3, 0.4) is 0 Å². The van der Waals surface area contributed by atoms with Gasteiger partial charge in [0.15, 0.2) is 0 Å². The van der Waals surface area contributed by atoms with Gasteiger partial charge in [0.2, 0.25) is 0 Å². The highest BCUT2D eigenvalue weighted by Crippen LogP contribution is 2.30. The summed E-state index contributed by atoms with van der Waals surface area (Å²) in [6.45, 7) is 0.155. The van der Waals surface area contributed by atoms with Crippen LogP contribution < -0.4 is 10.6 Å². The molecule has 0 fully saturated rings. The molecule has 1 aromatic rings. The van der Waals surface area contributed by atoms with E-state index in [0.29, 0.717) is 5.69 Å². The van der Waals surface area contributed by atoms with Crippen LogP contribution in [0.4, 0.5) is 20.2 Å². The van der Waals surface area contributed by atoms with Crippen molar-refractivity contribution in [2.45, 2.75) is 6.43 Å². The Hall–Kier alpha value is -1.37. The smallest absolute Gasteiger partial charge is 0.265 e. The molecule has 0 aromatic heterocycles. The predicted octanol–water partition coefficient (Wildman–Crippen LogP) is 1.69. The molecule has 18 heavy (non-hydrogen) atoms. The summed E-state index contributed by atoms with van der Waals surface area (Å²) < 4.78 is 47.8. The molecule has 2 N–H and O–H groups in total. The van der Waals surface area contributed by atoms with Gasteiger partial charge in [0.05, 0.1) is 5.75 Å². The number of nitrogens with two attached hydrogens (primary N) is 1.